The Balaban J connectivity index is 1.68. The standard InChI is InChI=1S/C24H24F3N5O3/c1-22(2)11-23(12-22,21-30-28-14-31(21)3)16-5-4-6-17(8-16)29-19(34)18-7-15(10-33)9-32(20(18)35)13-24(25,26)27/h4-10,14H,11-13H2,1-3H3,(H,29,34). The Labute approximate surface area is 198 Å². The summed E-state index contributed by atoms with van der Waals surface area (Å²) < 4.78 is 40.8. The Morgan fingerprint density at radius 1 is 1.23 bits per heavy atom. The van der Waals surface area contributed by atoms with Crippen LogP contribution in [-0.4, -0.2) is 37.7 Å². The molecule has 1 aliphatic rings. The molecule has 8 nitrogen and oxygen atoms in total. The van der Waals surface area contributed by atoms with Crippen LogP contribution in [-0.2, 0) is 19.0 Å². The third-order valence-electron chi connectivity index (χ3n) is 6.21. The molecular formula is C24H24F3N5O3. The number of nitrogens with zero attached hydrogens (tertiary/aromatic N) is 4. The molecule has 35 heavy (non-hydrogen) atoms. The van der Waals surface area contributed by atoms with Gasteiger partial charge in [-0.1, -0.05) is 26.0 Å². The van der Waals surface area contributed by atoms with Gasteiger partial charge >= 0.3 is 6.18 Å². The first-order chi connectivity index (χ1) is 16.3. The summed E-state index contributed by atoms with van der Waals surface area (Å²) in [6.45, 7) is 2.69. The lowest BCUT2D eigenvalue weighted by atomic mass is 9.51. The van der Waals surface area contributed by atoms with Crippen LogP contribution in [0.3, 0.4) is 0 Å². The first kappa shape index (κ1) is 24.4. The van der Waals surface area contributed by atoms with Crippen LogP contribution < -0.4 is 10.9 Å². The van der Waals surface area contributed by atoms with Crippen LogP contribution in [0.1, 0.15) is 58.8 Å². The van der Waals surface area contributed by atoms with Crippen LogP contribution >= 0.6 is 0 Å². The van der Waals surface area contributed by atoms with Gasteiger partial charge in [-0.2, -0.15) is 13.2 Å². The van der Waals surface area contributed by atoms with Crippen molar-refractivity contribution in [3.63, 3.8) is 0 Å². The molecular weight excluding hydrogens is 463 g/mol. The molecule has 1 N–H and O–H groups in total. The second kappa shape index (κ2) is 8.47. The lowest BCUT2D eigenvalue weighted by Gasteiger charge is -2.52. The molecule has 0 spiro atoms. The molecule has 0 radical (unpaired) electrons. The Morgan fingerprint density at radius 3 is 2.51 bits per heavy atom. The van der Waals surface area contributed by atoms with Crippen LogP contribution in [0.4, 0.5) is 18.9 Å². The molecule has 0 bridgehead atoms. The van der Waals surface area contributed by atoms with Crippen LogP contribution in [0.25, 0.3) is 0 Å². The molecule has 3 aromatic rings. The van der Waals surface area contributed by atoms with Gasteiger partial charge in [0.1, 0.15) is 24.3 Å². The van der Waals surface area contributed by atoms with E-state index in [1.54, 1.807) is 24.5 Å². The van der Waals surface area contributed by atoms with E-state index in [1.807, 2.05) is 17.7 Å². The SMILES string of the molecule is Cn1cnnc1C1(c2cccc(NC(=O)c3cc(C=O)cn(CC(F)(F)F)c3=O)c2)CC(C)(C)C1. The summed E-state index contributed by atoms with van der Waals surface area (Å²) in [6.07, 6.45) is -0.408. The molecule has 0 unspecified atom stereocenters. The third kappa shape index (κ3) is 4.75. The number of aldehydes is 1. The number of carbonyl (C=O) groups excluding carboxylic acids is 2. The molecule has 2 heterocycles. The topological polar surface area (TPSA) is 98.9 Å². The van der Waals surface area contributed by atoms with Crippen molar-refractivity contribution in [2.24, 2.45) is 12.5 Å². The number of hydrogen-bond acceptors (Lipinski definition) is 5. The molecule has 0 aliphatic heterocycles. The number of nitrogens with one attached hydrogen (secondary N) is 1. The van der Waals surface area contributed by atoms with Gasteiger partial charge in [-0.15, -0.1) is 10.2 Å². The van der Waals surface area contributed by atoms with Gasteiger partial charge in [-0.25, -0.2) is 0 Å². The van der Waals surface area contributed by atoms with E-state index < -0.39 is 35.2 Å². The van der Waals surface area contributed by atoms with Crippen molar-refractivity contribution in [2.75, 3.05) is 5.32 Å². The van der Waals surface area contributed by atoms with Crippen LogP contribution in [0, 0.1) is 5.41 Å². The molecule has 1 saturated carbocycles. The Morgan fingerprint density at radius 2 is 1.94 bits per heavy atom. The zero-order valence-electron chi connectivity index (χ0n) is 19.4. The molecule has 0 atom stereocenters. The number of halogens is 3. The summed E-state index contributed by atoms with van der Waals surface area (Å²) in [4.78, 5) is 36.7. The zero-order valence-corrected chi connectivity index (χ0v) is 19.4. The molecule has 0 saturated heterocycles. The maximum Gasteiger partial charge on any atom is 0.406 e. The van der Waals surface area contributed by atoms with E-state index in [4.69, 9.17) is 0 Å². The van der Waals surface area contributed by atoms with Crippen molar-refractivity contribution >= 4 is 17.9 Å². The van der Waals surface area contributed by atoms with E-state index in [-0.39, 0.29) is 17.3 Å². The monoisotopic (exact) mass is 487 g/mol. The van der Waals surface area contributed by atoms with Crippen molar-refractivity contribution in [3.8, 4) is 0 Å². The van der Waals surface area contributed by atoms with Gasteiger partial charge in [0, 0.05) is 24.5 Å². The molecule has 4 rings (SSSR count). The smallest absolute Gasteiger partial charge is 0.322 e. The number of aromatic nitrogens is 4. The Hall–Kier alpha value is -3.76. The van der Waals surface area contributed by atoms with Gasteiger partial charge in [0.15, 0.2) is 6.29 Å². The number of alkyl halides is 3. The number of aryl methyl sites for hydroxylation is 1. The zero-order chi connectivity index (χ0) is 25.6. The Bertz CT molecular complexity index is 1350. The number of carbonyl (C=O) groups is 2. The molecule has 1 fully saturated rings. The second-order valence-electron chi connectivity index (χ2n) is 9.75. The molecule has 1 aliphatic carbocycles. The molecule has 1 amide bonds. The normalized spacial score (nSPS) is 16.4. The van der Waals surface area contributed by atoms with Crippen molar-refractivity contribution in [1.29, 1.82) is 0 Å². The van der Waals surface area contributed by atoms with E-state index in [9.17, 15) is 27.6 Å². The van der Waals surface area contributed by atoms with Gasteiger partial charge in [-0.3, -0.25) is 14.4 Å². The lowest BCUT2D eigenvalue weighted by molar-refractivity contribution is -0.141. The largest absolute Gasteiger partial charge is 0.406 e. The van der Waals surface area contributed by atoms with E-state index in [1.165, 1.54) is 0 Å². The van der Waals surface area contributed by atoms with E-state index in [2.05, 4.69) is 29.4 Å². The number of pyridine rings is 1. The first-order valence-electron chi connectivity index (χ1n) is 10.9. The summed E-state index contributed by atoms with van der Waals surface area (Å²) in [5.74, 6) is -0.123. The minimum Gasteiger partial charge on any atom is -0.322 e. The van der Waals surface area contributed by atoms with E-state index in [0.717, 1.165) is 36.5 Å². The molecule has 11 heteroatoms. The number of benzene rings is 1. The third-order valence-corrected chi connectivity index (χ3v) is 6.21. The fraction of sp³-hybridized carbons (Fsp3) is 0.375. The highest BCUT2D eigenvalue weighted by Gasteiger charge is 2.53. The summed E-state index contributed by atoms with van der Waals surface area (Å²) >= 11 is 0. The van der Waals surface area contributed by atoms with Gasteiger partial charge < -0.3 is 14.5 Å². The Kier molecular flexibility index (Phi) is 5.90. The first-order valence-corrected chi connectivity index (χ1v) is 10.9. The van der Waals surface area contributed by atoms with Crippen LogP contribution in [0.2, 0.25) is 0 Å². The fourth-order valence-electron chi connectivity index (χ4n) is 5.08. The molecule has 1 aromatic carbocycles. The average molecular weight is 487 g/mol. The minimum atomic E-state index is -4.70. The number of amides is 1. The quantitative estimate of drug-likeness (QED) is 0.535. The maximum absolute atomic E-state index is 12.9. The summed E-state index contributed by atoms with van der Waals surface area (Å²) in [7, 11) is 1.86. The second-order valence-corrected chi connectivity index (χ2v) is 9.75. The van der Waals surface area contributed by atoms with Crippen molar-refractivity contribution < 1.29 is 22.8 Å². The predicted molar refractivity (Wildman–Crippen MR) is 121 cm³/mol. The number of rotatable bonds is 6. The number of hydrogen-bond donors (Lipinski definition) is 1. The molecule has 2 aromatic heterocycles. The maximum atomic E-state index is 12.9. The summed E-state index contributed by atoms with van der Waals surface area (Å²) in [6, 6.07) is 8.03. The summed E-state index contributed by atoms with van der Waals surface area (Å²) in [5, 5.41) is 10.9. The van der Waals surface area contributed by atoms with Crippen LogP contribution in [0.5, 0.6) is 0 Å². The van der Waals surface area contributed by atoms with E-state index in [0.29, 0.717) is 10.3 Å². The molecule has 184 valence electrons. The predicted octanol–water partition coefficient (Wildman–Crippen LogP) is 3.71. The van der Waals surface area contributed by atoms with Crippen molar-refractivity contribution in [2.45, 2.75) is 44.8 Å². The van der Waals surface area contributed by atoms with Gasteiger partial charge in [0.2, 0.25) is 0 Å². The fourth-order valence-corrected chi connectivity index (χ4v) is 5.08. The highest BCUT2D eigenvalue weighted by Crippen LogP contribution is 2.58. The average Bonchev–Trinajstić information content (AvgIpc) is 3.18. The van der Waals surface area contributed by atoms with Crippen molar-refractivity contribution in [1.82, 2.24) is 19.3 Å². The van der Waals surface area contributed by atoms with Gasteiger partial charge in [0.25, 0.3) is 11.5 Å². The lowest BCUT2D eigenvalue weighted by Crippen LogP contribution is -2.49. The summed E-state index contributed by atoms with van der Waals surface area (Å²) in [5.41, 5.74) is -1.02. The van der Waals surface area contributed by atoms with E-state index >= 15 is 0 Å². The van der Waals surface area contributed by atoms with Crippen LogP contribution in [0.15, 0.2) is 47.7 Å². The van der Waals surface area contributed by atoms with Crippen molar-refractivity contribution in [3.05, 3.63) is 75.7 Å². The van der Waals surface area contributed by atoms with Gasteiger partial charge in [0.05, 0.1) is 5.41 Å². The number of anilines is 1. The van der Waals surface area contributed by atoms with Gasteiger partial charge in [-0.05, 0) is 42.0 Å². The highest BCUT2D eigenvalue weighted by atomic mass is 19.4. The minimum absolute atomic E-state index is 0.0735. The highest BCUT2D eigenvalue weighted by molar-refractivity contribution is 6.04.